The minimum Gasteiger partial charge on any atom is -0.477 e. The Balaban J connectivity index is 3.05. The maximum atomic E-state index is 10.4. The molecular formula is C6H5BrO3S. The van der Waals surface area contributed by atoms with Crippen LogP contribution >= 0.6 is 27.3 Å². The Labute approximate surface area is 75.4 Å². The highest BCUT2D eigenvalue weighted by Crippen LogP contribution is 2.27. The van der Waals surface area contributed by atoms with Gasteiger partial charge in [0.05, 0.1) is 10.4 Å². The van der Waals surface area contributed by atoms with E-state index < -0.39 is 5.97 Å². The lowest BCUT2D eigenvalue weighted by molar-refractivity contribution is 0.0702. The van der Waals surface area contributed by atoms with E-state index in [1.165, 1.54) is 6.07 Å². The molecule has 0 aliphatic carbocycles. The van der Waals surface area contributed by atoms with Gasteiger partial charge in [-0.05, 0) is 22.0 Å². The number of aromatic carboxylic acids is 1. The van der Waals surface area contributed by atoms with Crippen molar-refractivity contribution < 1.29 is 15.0 Å². The van der Waals surface area contributed by atoms with Crippen molar-refractivity contribution in [3.8, 4) is 0 Å². The molecule has 0 aliphatic heterocycles. The van der Waals surface area contributed by atoms with Crippen LogP contribution in [0.1, 0.15) is 15.2 Å². The number of halogens is 1. The molecule has 0 bridgehead atoms. The second kappa shape index (κ2) is 3.34. The summed E-state index contributed by atoms with van der Waals surface area (Å²) in [6.07, 6.45) is 0. The molecule has 3 nitrogen and oxygen atoms in total. The van der Waals surface area contributed by atoms with Gasteiger partial charge in [-0.1, -0.05) is 0 Å². The van der Waals surface area contributed by atoms with Gasteiger partial charge in [0.25, 0.3) is 0 Å². The normalized spacial score (nSPS) is 10.0. The Morgan fingerprint density at radius 3 is 2.64 bits per heavy atom. The largest absolute Gasteiger partial charge is 0.477 e. The van der Waals surface area contributed by atoms with E-state index in [-0.39, 0.29) is 11.5 Å². The van der Waals surface area contributed by atoms with E-state index in [4.69, 9.17) is 10.2 Å². The molecule has 0 fully saturated rings. The lowest BCUT2D eigenvalue weighted by atomic mass is 10.3. The standard InChI is InChI=1S/C6H5BrO3S/c7-5-3(2-8)1-4(11-5)6(9)10/h1,8H,2H2,(H,9,10). The first-order valence-corrected chi connectivity index (χ1v) is 4.38. The van der Waals surface area contributed by atoms with Crippen LogP contribution in [0, 0.1) is 0 Å². The maximum absolute atomic E-state index is 10.4. The first-order valence-electron chi connectivity index (χ1n) is 2.77. The van der Waals surface area contributed by atoms with E-state index in [9.17, 15) is 4.79 Å². The van der Waals surface area contributed by atoms with Crippen LogP contribution in [0.2, 0.25) is 0 Å². The van der Waals surface area contributed by atoms with E-state index in [2.05, 4.69) is 15.9 Å². The van der Waals surface area contributed by atoms with Crippen molar-refractivity contribution in [2.45, 2.75) is 6.61 Å². The molecule has 0 saturated heterocycles. The molecule has 5 heteroatoms. The molecule has 1 aromatic rings. The van der Waals surface area contributed by atoms with Crippen molar-refractivity contribution in [1.82, 2.24) is 0 Å². The van der Waals surface area contributed by atoms with Crippen molar-refractivity contribution in [3.05, 3.63) is 20.3 Å². The SMILES string of the molecule is O=C(O)c1cc(CO)c(Br)s1. The Kier molecular flexibility index (Phi) is 2.64. The van der Waals surface area contributed by atoms with Gasteiger partial charge in [-0.25, -0.2) is 4.79 Å². The average molecular weight is 237 g/mol. The smallest absolute Gasteiger partial charge is 0.345 e. The highest BCUT2D eigenvalue weighted by Gasteiger charge is 2.10. The van der Waals surface area contributed by atoms with Crippen molar-refractivity contribution >= 4 is 33.2 Å². The molecule has 0 unspecified atom stereocenters. The highest BCUT2D eigenvalue weighted by molar-refractivity contribution is 9.11. The monoisotopic (exact) mass is 236 g/mol. The summed E-state index contributed by atoms with van der Waals surface area (Å²) >= 11 is 4.24. The summed E-state index contributed by atoms with van der Waals surface area (Å²) in [4.78, 5) is 10.6. The molecule has 0 radical (unpaired) electrons. The maximum Gasteiger partial charge on any atom is 0.345 e. The fourth-order valence-electron chi connectivity index (χ4n) is 0.620. The Morgan fingerprint density at radius 2 is 2.36 bits per heavy atom. The van der Waals surface area contributed by atoms with Gasteiger partial charge in [-0.15, -0.1) is 11.3 Å². The van der Waals surface area contributed by atoms with Crippen LogP contribution < -0.4 is 0 Å². The van der Waals surface area contributed by atoms with Crippen LogP contribution in [0.3, 0.4) is 0 Å². The van der Waals surface area contributed by atoms with Crippen LogP contribution in [-0.2, 0) is 6.61 Å². The van der Waals surface area contributed by atoms with Gasteiger partial charge >= 0.3 is 5.97 Å². The van der Waals surface area contributed by atoms with Crippen LogP contribution in [0.15, 0.2) is 9.85 Å². The van der Waals surface area contributed by atoms with E-state index in [1.54, 1.807) is 0 Å². The summed E-state index contributed by atoms with van der Waals surface area (Å²) in [5.41, 5.74) is 0.618. The van der Waals surface area contributed by atoms with Crippen molar-refractivity contribution in [1.29, 1.82) is 0 Å². The summed E-state index contributed by atoms with van der Waals surface area (Å²) < 4.78 is 0.678. The third-order valence-electron chi connectivity index (χ3n) is 1.14. The first-order chi connectivity index (χ1) is 5.15. The molecule has 0 spiro atoms. The number of carboxylic acid groups (broad SMARTS) is 1. The predicted octanol–water partition coefficient (Wildman–Crippen LogP) is 1.70. The lowest BCUT2D eigenvalue weighted by Gasteiger charge is -1.85. The summed E-state index contributed by atoms with van der Waals surface area (Å²) in [6, 6.07) is 1.46. The zero-order valence-electron chi connectivity index (χ0n) is 5.37. The molecule has 0 saturated carbocycles. The number of aliphatic hydroxyl groups excluding tert-OH is 1. The number of carbonyl (C=O) groups is 1. The predicted molar refractivity (Wildman–Crippen MR) is 44.9 cm³/mol. The number of rotatable bonds is 2. The molecule has 1 rings (SSSR count). The van der Waals surface area contributed by atoms with Gasteiger partial charge in [-0.3, -0.25) is 0 Å². The summed E-state index contributed by atoms with van der Waals surface area (Å²) in [5.74, 6) is -0.963. The lowest BCUT2D eigenvalue weighted by Crippen LogP contribution is -1.90. The molecule has 1 aromatic heterocycles. The quantitative estimate of drug-likeness (QED) is 0.822. The number of hydrogen-bond donors (Lipinski definition) is 2. The van der Waals surface area contributed by atoms with Gasteiger partial charge < -0.3 is 10.2 Å². The second-order valence-electron chi connectivity index (χ2n) is 1.87. The van der Waals surface area contributed by atoms with E-state index in [0.29, 0.717) is 9.35 Å². The van der Waals surface area contributed by atoms with Gasteiger partial charge in [-0.2, -0.15) is 0 Å². The van der Waals surface area contributed by atoms with Crippen molar-refractivity contribution in [3.63, 3.8) is 0 Å². The molecular weight excluding hydrogens is 232 g/mol. The minimum absolute atomic E-state index is 0.135. The molecule has 2 N–H and O–H groups in total. The number of carboxylic acids is 1. The number of hydrogen-bond acceptors (Lipinski definition) is 3. The fourth-order valence-corrected chi connectivity index (χ4v) is 2.12. The molecule has 0 amide bonds. The summed E-state index contributed by atoms with van der Waals surface area (Å²) in [7, 11) is 0. The van der Waals surface area contributed by atoms with Gasteiger partial charge in [0, 0.05) is 5.56 Å². The molecule has 60 valence electrons. The van der Waals surface area contributed by atoms with Crippen molar-refractivity contribution in [2.75, 3.05) is 0 Å². The third kappa shape index (κ3) is 1.79. The van der Waals surface area contributed by atoms with Crippen molar-refractivity contribution in [2.24, 2.45) is 0 Å². The van der Waals surface area contributed by atoms with Gasteiger partial charge in [0.2, 0.25) is 0 Å². The molecule has 11 heavy (non-hydrogen) atoms. The fraction of sp³-hybridized carbons (Fsp3) is 0.167. The highest BCUT2D eigenvalue weighted by atomic mass is 79.9. The summed E-state index contributed by atoms with van der Waals surface area (Å²) in [5, 5.41) is 17.2. The molecule has 0 atom stereocenters. The zero-order chi connectivity index (χ0) is 8.43. The van der Waals surface area contributed by atoms with E-state index >= 15 is 0 Å². The van der Waals surface area contributed by atoms with Crippen LogP contribution in [0.4, 0.5) is 0 Å². The zero-order valence-corrected chi connectivity index (χ0v) is 7.78. The van der Waals surface area contributed by atoms with E-state index in [0.717, 1.165) is 11.3 Å². The average Bonchev–Trinajstić information content (AvgIpc) is 2.31. The third-order valence-corrected chi connectivity index (χ3v) is 3.09. The Bertz CT molecular complexity index is 281. The van der Waals surface area contributed by atoms with E-state index in [1.807, 2.05) is 0 Å². The summed E-state index contributed by atoms with van der Waals surface area (Å²) in [6.45, 7) is -0.135. The molecule has 1 heterocycles. The Morgan fingerprint density at radius 1 is 1.73 bits per heavy atom. The molecule has 0 aromatic carbocycles. The van der Waals surface area contributed by atoms with Crippen LogP contribution in [0.25, 0.3) is 0 Å². The number of thiophene rings is 1. The minimum atomic E-state index is -0.963. The van der Waals surface area contributed by atoms with Gasteiger partial charge in [0.1, 0.15) is 4.88 Å². The molecule has 0 aliphatic rings. The topological polar surface area (TPSA) is 57.5 Å². The van der Waals surface area contributed by atoms with Crippen LogP contribution in [0.5, 0.6) is 0 Å². The van der Waals surface area contributed by atoms with Crippen LogP contribution in [-0.4, -0.2) is 16.2 Å². The second-order valence-corrected chi connectivity index (χ2v) is 4.24. The number of aliphatic hydroxyl groups is 1. The first kappa shape index (κ1) is 8.70. The Hall–Kier alpha value is -0.390. The van der Waals surface area contributed by atoms with Gasteiger partial charge in [0.15, 0.2) is 0 Å².